The molecule has 7 heteroatoms. The fraction of sp³-hybridized carbons (Fsp3) is 0.727. The van der Waals surface area contributed by atoms with E-state index < -0.39 is 10.0 Å². The van der Waals surface area contributed by atoms with Gasteiger partial charge in [0.1, 0.15) is 5.82 Å². The number of rotatable bonds is 6. The van der Waals surface area contributed by atoms with Gasteiger partial charge < -0.3 is 9.72 Å². The van der Waals surface area contributed by atoms with E-state index in [1.54, 1.807) is 7.11 Å². The van der Waals surface area contributed by atoms with Crippen molar-refractivity contribution in [2.75, 3.05) is 13.7 Å². The molecule has 2 N–H and O–H groups in total. The van der Waals surface area contributed by atoms with Gasteiger partial charge in [0.25, 0.3) is 10.0 Å². The maximum atomic E-state index is 12.0. The molecule has 0 unspecified atom stereocenters. The second kappa shape index (κ2) is 4.99. The van der Waals surface area contributed by atoms with E-state index in [1.807, 2.05) is 6.92 Å². The Kier molecular flexibility index (Phi) is 3.74. The van der Waals surface area contributed by atoms with Gasteiger partial charge in [-0.05, 0) is 19.3 Å². The van der Waals surface area contributed by atoms with Gasteiger partial charge in [-0.1, -0.05) is 6.92 Å². The fourth-order valence-corrected chi connectivity index (χ4v) is 3.04. The summed E-state index contributed by atoms with van der Waals surface area (Å²) < 4.78 is 32.0. The highest BCUT2D eigenvalue weighted by Gasteiger charge is 2.38. The van der Waals surface area contributed by atoms with Crippen LogP contribution in [0.1, 0.15) is 32.0 Å². The average molecular weight is 273 g/mol. The lowest BCUT2D eigenvalue weighted by Crippen LogP contribution is -2.49. The summed E-state index contributed by atoms with van der Waals surface area (Å²) in [4.78, 5) is 6.78. The smallest absolute Gasteiger partial charge is 0.257 e. The quantitative estimate of drug-likeness (QED) is 0.803. The number of ether oxygens (including phenoxy) is 1. The molecule has 0 atom stereocenters. The number of nitrogens with one attached hydrogen (secondary N) is 2. The predicted octanol–water partition coefficient (Wildman–Crippen LogP) is 0.819. The number of methoxy groups -OCH3 is 1. The molecule has 6 nitrogen and oxygen atoms in total. The second-order valence-corrected chi connectivity index (χ2v) is 6.35. The Balaban J connectivity index is 2.03. The van der Waals surface area contributed by atoms with Crippen molar-refractivity contribution in [2.45, 2.75) is 43.2 Å². The van der Waals surface area contributed by atoms with Crippen LogP contribution in [0.2, 0.25) is 0 Å². The molecular weight excluding hydrogens is 254 g/mol. The van der Waals surface area contributed by atoms with Crippen molar-refractivity contribution in [1.29, 1.82) is 0 Å². The van der Waals surface area contributed by atoms with Crippen molar-refractivity contribution >= 4 is 10.0 Å². The molecule has 1 heterocycles. The molecule has 1 aliphatic rings. The summed E-state index contributed by atoms with van der Waals surface area (Å²) in [6.07, 6.45) is 4.91. The van der Waals surface area contributed by atoms with Gasteiger partial charge in [-0.2, -0.15) is 0 Å². The number of hydrogen-bond donors (Lipinski definition) is 2. The topological polar surface area (TPSA) is 84.1 Å². The van der Waals surface area contributed by atoms with Gasteiger partial charge in [-0.3, -0.25) is 0 Å². The molecule has 1 aliphatic carbocycles. The van der Waals surface area contributed by atoms with Crippen LogP contribution in [-0.2, 0) is 21.2 Å². The van der Waals surface area contributed by atoms with Crippen molar-refractivity contribution in [3.8, 4) is 0 Å². The zero-order valence-corrected chi connectivity index (χ0v) is 11.5. The van der Waals surface area contributed by atoms with Gasteiger partial charge in [0, 0.05) is 20.1 Å². The van der Waals surface area contributed by atoms with Crippen LogP contribution in [0, 0.1) is 0 Å². The molecule has 102 valence electrons. The number of aromatic nitrogens is 2. The number of aromatic amines is 1. The SMILES string of the molecule is CCc1ncc(S(=O)(=O)NCC2(OC)CCC2)[nH]1. The molecule has 0 amide bonds. The molecule has 2 rings (SSSR count). The van der Waals surface area contributed by atoms with E-state index in [4.69, 9.17) is 4.74 Å². The van der Waals surface area contributed by atoms with Crippen LogP contribution in [0.3, 0.4) is 0 Å². The summed E-state index contributed by atoms with van der Waals surface area (Å²) in [5.74, 6) is 0.667. The van der Waals surface area contributed by atoms with Gasteiger partial charge in [-0.25, -0.2) is 18.1 Å². The Labute approximate surface area is 107 Å². The number of hydrogen-bond acceptors (Lipinski definition) is 4. The summed E-state index contributed by atoms with van der Waals surface area (Å²) in [6.45, 7) is 2.23. The highest BCUT2D eigenvalue weighted by Crippen LogP contribution is 2.34. The molecule has 18 heavy (non-hydrogen) atoms. The van der Waals surface area contributed by atoms with Crippen LogP contribution >= 0.6 is 0 Å². The van der Waals surface area contributed by atoms with E-state index in [0.717, 1.165) is 19.3 Å². The van der Waals surface area contributed by atoms with E-state index in [0.29, 0.717) is 18.8 Å². The first-order valence-corrected chi connectivity index (χ1v) is 7.58. The maximum absolute atomic E-state index is 12.0. The van der Waals surface area contributed by atoms with E-state index in [-0.39, 0.29) is 10.6 Å². The average Bonchev–Trinajstić information content (AvgIpc) is 2.77. The highest BCUT2D eigenvalue weighted by atomic mass is 32.2. The number of nitrogens with zero attached hydrogens (tertiary/aromatic N) is 1. The zero-order chi connectivity index (χ0) is 13.2. The Morgan fingerprint density at radius 3 is 2.72 bits per heavy atom. The van der Waals surface area contributed by atoms with E-state index in [1.165, 1.54) is 6.20 Å². The molecule has 0 aromatic carbocycles. The van der Waals surface area contributed by atoms with Crippen molar-refractivity contribution in [1.82, 2.24) is 14.7 Å². The number of aryl methyl sites for hydroxylation is 1. The first-order chi connectivity index (χ1) is 8.51. The summed E-state index contributed by atoms with van der Waals surface area (Å²) in [7, 11) is -1.89. The van der Waals surface area contributed by atoms with Gasteiger partial charge >= 0.3 is 0 Å². The minimum atomic E-state index is -3.52. The molecular formula is C11H19N3O3S. The van der Waals surface area contributed by atoms with Gasteiger partial charge in [0.2, 0.25) is 0 Å². The molecule has 1 fully saturated rings. The van der Waals surface area contributed by atoms with E-state index in [9.17, 15) is 8.42 Å². The summed E-state index contributed by atoms with van der Waals surface area (Å²) in [6, 6.07) is 0. The monoisotopic (exact) mass is 273 g/mol. The van der Waals surface area contributed by atoms with Crippen LogP contribution in [0.15, 0.2) is 11.2 Å². The van der Waals surface area contributed by atoms with Crippen LogP contribution in [0.5, 0.6) is 0 Å². The first-order valence-electron chi connectivity index (χ1n) is 6.10. The van der Waals surface area contributed by atoms with Crippen LogP contribution in [-0.4, -0.2) is 37.6 Å². The van der Waals surface area contributed by atoms with Crippen molar-refractivity contribution in [2.24, 2.45) is 0 Å². The van der Waals surface area contributed by atoms with Gasteiger partial charge in [-0.15, -0.1) is 0 Å². The third-order valence-electron chi connectivity index (χ3n) is 3.51. The van der Waals surface area contributed by atoms with Crippen molar-refractivity contribution in [3.05, 3.63) is 12.0 Å². The van der Waals surface area contributed by atoms with E-state index >= 15 is 0 Å². The third-order valence-corrected chi connectivity index (χ3v) is 4.82. The Morgan fingerprint density at radius 1 is 1.56 bits per heavy atom. The Bertz CT molecular complexity index is 500. The number of sulfonamides is 1. The van der Waals surface area contributed by atoms with Crippen molar-refractivity contribution < 1.29 is 13.2 Å². The second-order valence-electron chi connectivity index (χ2n) is 4.61. The minimum Gasteiger partial charge on any atom is -0.377 e. The number of H-pyrrole nitrogens is 1. The largest absolute Gasteiger partial charge is 0.377 e. The zero-order valence-electron chi connectivity index (χ0n) is 10.7. The lowest BCUT2D eigenvalue weighted by molar-refractivity contribution is -0.0659. The van der Waals surface area contributed by atoms with E-state index in [2.05, 4.69) is 14.7 Å². The minimum absolute atomic E-state index is 0.116. The summed E-state index contributed by atoms with van der Waals surface area (Å²) >= 11 is 0. The van der Waals surface area contributed by atoms with Crippen LogP contribution in [0.25, 0.3) is 0 Å². The maximum Gasteiger partial charge on any atom is 0.257 e. The van der Waals surface area contributed by atoms with Crippen molar-refractivity contribution in [3.63, 3.8) is 0 Å². The lowest BCUT2D eigenvalue weighted by Gasteiger charge is -2.40. The lowest BCUT2D eigenvalue weighted by atomic mass is 9.80. The summed E-state index contributed by atoms with van der Waals surface area (Å²) in [5, 5.41) is 0.116. The summed E-state index contributed by atoms with van der Waals surface area (Å²) in [5.41, 5.74) is -0.319. The van der Waals surface area contributed by atoms with Gasteiger partial charge in [0.05, 0.1) is 11.8 Å². The van der Waals surface area contributed by atoms with Crippen LogP contribution < -0.4 is 4.72 Å². The Hall–Kier alpha value is -0.920. The molecule has 0 radical (unpaired) electrons. The molecule has 1 aromatic heterocycles. The fourth-order valence-electron chi connectivity index (χ4n) is 1.99. The van der Waals surface area contributed by atoms with Gasteiger partial charge in [0.15, 0.2) is 5.03 Å². The predicted molar refractivity (Wildman–Crippen MR) is 66.7 cm³/mol. The Morgan fingerprint density at radius 2 is 2.28 bits per heavy atom. The van der Waals surface area contributed by atoms with Crippen LogP contribution in [0.4, 0.5) is 0 Å². The standard InChI is InChI=1S/C11H19N3O3S/c1-3-9-12-7-10(14-9)18(15,16)13-8-11(17-2)5-4-6-11/h7,13H,3-6,8H2,1-2H3,(H,12,14). The molecule has 1 saturated carbocycles. The molecule has 0 saturated heterocycles. The molecule has 0 aliphatic heterocycles. The third kappa shape index (κ3) is 2.57. The first kappa shape index (κ1) is 13.5. The molecule has 0 spiro atoms. The molecule has 0 bridgehead atoms. The highest BCUT2D eigenvalue weighted by molar-refractivity contribution is 7.89. The molecule has 1 aromatic rings. The normalized spacial score (nSPS) is 18.6. The number of imidazole rings is 1.